The molecule has 0 saturated heterocycles. The van der Waals surface area contributed by atoms with Gasteiger partial charge in [0.1, 0.15) is 5.75 Å². The number of carbonyl (C=O) groups is 1. The zero-order valence-electron chi connectivity index (χ0n) is 12.3. The highest BCUT2D eigenvalue weighted by atomic mass is 16.5. The van der Waals surface area contributed by atoms with Crippen LogP contribution in [0.2, 0.25) is 0 Å². The number of hydrogen-bond acceptors (Lipinski definition) is 3. The number of benzene rings is 2. The molecular formula is C17H19NO3. The molecule has 0 radical (unpaired) electrons. The summed E-state index contributed by atoms with van der Waals surface area (Å²) in [5, 5.41) is 2.87. The van der Waals surface area contributed by atoms with E-state index in [9.17, 15) is 4.79 Å². The lowest BCUT2D eigenvalue weighted by Crippen LogP contribution is -2.13. The molecule has 0 unspecified atom stereocenters. The SMILES string of the molecule is CCOc1ccccc1NC(=O)c1ccc(COC)cc1. The Morgan fingerprint density at radius 3 is 2.48 bits per heavy atom. The van der Waals surface area contributed by atoms with Crippen LogP contribution in [0.25, 0.3) is 0 Å². The molecule has 0 aliphatic rings. The molecule has 0 aliphatic heterocycles. The van der Waals surface area contributed by atoms with E-state index < -0.39 is 0 Å². The van der Waals surface area contributed by atoms with Gasteiger partial charge in [0.15, 0.2) is 0 Å². The Labute approximate surface area is 124 Å². The Balaban J connectivity index is 2.10. The summed E-state index contributed by atoms with van der Waals surface area (Å²) in [7, 11) is 1.64. The highest BCUT2D eigenvalue weighted by molar-refractivity contribution is 6.05. The average Bonchev–Trinajstić information content (AvgIpc) is 2.50. The van der Waals surface area contributed by atoms with Gasteiger partial charge in [-0.3, -0.25) is 4.79 Å². The first-order valence-corrected chi connectivity index (χ1v) is 6.85. The highest BCUT2D eigenvalue weighted by Crippen LogP contribution is 2.24. The molecular weight excluding hydrogens is 266 g/mol. The van der Waals surface area contributed by atoms with Crippen molar-refractivity contribution in [2.75, 3.05) is 19.0 Å². The van der Waals surface area contributed by atoms with Crippen LogP contribution in [0.1, 0.15) is 22.8 Å². The van der Waals surface area contributed by atoms with Gasteiger partial charge in [-0.25, -0.2) is 0 Å². The molecule has 0 atom stereocenters. The van der Waals surface area contributed by atoms with Gasteiger partial charge in [-0.2, -0.15) is 0 Å². The second-order valence-corrected chi connectivity index (χ2v) is 4.51. The number of amides is 1. The van der Waals surface area contributed by atoms with Gasteiger partial charge in [-0.05, 0) is 36.8 Å². The summed E-state index contributed by atoms with van der Waals surface area (Å²) < 4.78 is 10.5. The second-order valence-electron chi connectivity index (χ2n) is 4.51. The molecule has 2 aromatic rings. The topological polar surface area (TPSA) is 47.6 Å². The van der Waals surface area contributed by atoms with Crippen LogP contribution in [-0.4, -0.2) is 19.6 Å². The summed E-state index contributed by atoms with van der Waals surface area (Å²) in [6, 6.07) is 14.7. The Kier molecular flexibility index (Phi) is 5.35. The van der Waals surface area contributed by atoms with Crippen LogP contribution in [-0.2, 0) is 11.3 Å². The standard InChI is InChI=1S/C17H19NO3/c1-3-21-16-7-5-4-6-15(16)18-17(19)14-10-8-13(9-11-14)12-20-2/h4-11H,3,12H2,1-2H3,(H,18,19). The first-order valence-electron chi connectivity index (χ1n) is 6.85. The van der Waals surface area contributed by atoms with E-state index in [1.165, 1.54) is 0 Å². The van der Waals surface area contributed by atoms with E-state index in [2.05, 4.69) is 5.32 Å². The Hall–Kier alpha value is -2.33. The highest BCUT2D eigenvalue weighted by Gasteiger charge is 2.09. The molecule has 1 N–H and O–H groups in total. The number of ether oxygens (including phenoxy) is 2. The van der Waals surface area contributed by atoms with Crippen molar-refractivity contribution in [1.82, 2.24) is 0 Å². The van der Waals surface area contributed by atoms with E-state index in [1.54, 1.807) is 19.2 Å². The maximum absolute atomic E-state index is 12.2. The maximum Gasteiger partial charge on any atom is 0.255 e. The molecule has 4 heteroatoms. The first kappa shape index (κ1) is 15.1. The third-order valence-corrected chi connectivity index (χ3v) is 2.96. The minimum Gasteiger partial charge on any atom is -0.492 e. The molecule has 0 bridgehead atoms. The van der Waals surface area contributed by atoms with Gasteiger partial charge >= 0.3 is 0 Å². The summed E-state index contributed by atoms with van der Waals surface area (Å²) >= 11 is 0. The van der Waals surface area contributed by atoms with Crippen molar-refractivity contribution in [3.05, 3.63) is 59.7 Å². The zero-order chi connectivity index (χ0) is 15.1. The molecule has 1 amide bonds. The molecule has 0 saturated carbocycles. The normalized spacial score (nSPS) is 10.2. The molecule has 110 valence electrons. The predicted molar refractivity (Wildman–Crippen MR) is 82.7 cm³/mol. The van der Waals surface area contributed by atoms with Crippen molar-refractivity contribution < 1.29 is 14.3 Å². The monoisotopic (exact) mass is 285 g/mol. The fraction of sp³-hybridized carbons (Fsp3) is 0.235. The first-order chi connectivity index (χ1) is 10.2. The van der Waals surface area contributed by atoms with E-state index in [4.69, 9.17) is 9.47 Å². The van der Waals surface area contributed by atoms with Crippen LogP contribution >= 0.6 is 0 Å². The van der Waals surface area contributed by atoms with Crippen LogP contribution in [0.4, 0.5) is 5.69 Å². The summed E-state index contributed by atoms with van der Waals surface area (Å²) in [6.45, 7) is 3.00. The fourth-order valence-corrected chi connectivity index (χ4v) is 1.96. The second kappa shape index (κ2) is 7.45. The fourth-order valence-electron chi connectivity index (χ4n) is 1.96. The number of para-hydroxylation sites is 2. The Morgan fingerprint density at radius 2 is 1.81 bits per heavy atom. The van der Waals surface area contributed by atoms with Gasteiger partial charge in [0.2, 0.25) is 0 Å². The van der Waals surface area contributed by atoms with E-state index in [-0.39, 0.29) is 5.91 Å². The van der Waals surface area contributed by atoms with Gasteiger partial charge in [0.05, 0.1) is 18.9 Å². The largest absolute Gasteiger partial charge is 0.492 e. The smallest absolute Gasteiger partial charge is 0.255 e. The maximum atomic E-state index is 12.2. The lowest BCUT2D eigenvalue weighted by atomic mass is 10.1. The van der Waals surface area contributed by atoms with Crippen molar-refractivity contribution in [2.24, 2.45) is 0 Å². The molecule has 2 aromatic carbocycles. The summed E-state index contributed by atoms with van der Waals surface area (Å²) in [5.41, 5.74) is 2.30. The summed E-state index contributed by atoms with van der Waals surface area (Å²) in [4.78, 5) is 12.2. The number of carbonyl (C=O) groups excluding carboxylic acids is 1. The van der Waals surface area contributed by atoms with Crippen LogP contribution in [0.5, 0.6) is 5.75 Å². The zero-order valence-corrected chi connectivity index (χ0v) is 12.3. The molecule has 21 heavy (non-hydrogen) atoms. The predicted octanol–water partition coefficient (Wildman–Crippen LogP) is 3.48. The molecule has 0 heterocycles. The van der Waals surface area contributed by atoms with E-state index in [0.717, 1.165) is 5.56 Å². The number of nitrogens with one attached hydrogen (secondary N) is 1. The van der Waals surface area contributed by atoms with E-state index in [1.807, 2.05) is 43.3 Å². The van der Waals surface area contributed by atoms with Crippen molar-refractivity contribution >= 4 is 11.6 Å². The van der Waals surface area contributed by atoms with Gasteiger partial charge < -0.3 is 14.8 Å². The molecule has 0 fully saturated rings. The lowest BCUT2D eigenvalue weighted by molar-refractivity contribution is 0.102. The van der Waals surface area contributed by atoms with Gasteiger partial charge in [0.25, 0.3) is 5.91 Å². The molecule has 0 spiro atoms. The number of methoxy groups -OCH3 is 1. The van der Waals surface area contributed by atoms with Crippen molar-refractivity contribution in [3.63, 3.8) is 0 Å². The van der Waals surface area contributed by atoms with Crippen molar-refractivity contribution in [3.8, 4) is 5.75 Å². The number of rotatable bonds is 6. The van der Waals surface area contributed by atoms with Crippen molar-refractivity contribution in [2.45, 2.75) is 13.5 Å². The minimum atomic E-state index is -0.161. The molecule has 4 nitrogen and oxygen atoms in total. The van der Waals surface area contributed by atoms with Crippen LogP contribution in [0.3, 0.4) is 0 Å². The number of hydrogen-bond donors (Lipinski definition) is 1. The quantitative estimate of drug-likeness (QED) is 0.884. The van der Waals surface area contributed by atoms with Gasteiger partial charge in [0, 0.05) is 12.7 Å². The Morgan fingerprint density at radius 1 is 1.10 bits per heavy atom. The summed E-state index contributed by atoms with van der Waals surface area (Å²) in [5.74, 6) is 0.510. The van der Waals surface area contributed by atoms with E-state index >= 15 is 0 Å². The third-order valence-electron chi connectivity index (χ3n) is 2.96. The lowest BCUT2D eigenvalue weighted by Gasteiger charge is -2.11. The van der Waals surface area contributed by atoms with Crippen LogP contribution in [0.15, 0.2) is 48.5 Å². The van der Waals surface area contributed by atoms with Gasteiger partial charge in [-0.15, -0.1) is 0 Å². The van der Waals surface area contributed by atoms with Crippen molar-refractivity contribution in [1.29, 1.82) is 0 Å². The Bertz CT molecular complexity index is 593. The van der Waals surface area contributed by atoms with Gasteiger partial charge in [-0.1, -0.05) is 24.3 Å². The van der Waals surface area contributed by atoms with Crippen LogP contribution in [0, 0.1) is 0 Å². The minimum absolute atomic E-state index is 0.161. The third kappa shape index (κ3) is 4.07. The van der Waals surface area contributed by atoms with Crippen LogP contribution < -0.4 is 10.1 Å². The average molecular weight is 285 g/mol. The summed E-state index contributed by atoms with van der Waals surface area (Å²) in [6.07, 6.45) is 0. The molecule has 0 aliphatic carbocycles. The van der Waals surface area contributed by atoms with E-state index in [0.29, 0.717) is 30.2 Å². The molecule has 0 aromatic heterocycles. The molecule has 2 rings (SSSR count). The number of anilines is 1.